The molecule has 0 radical (unpaired) electrons. The Hall–Kier alpha value is -2.55. The van der Waals surface area contributed by atoms with Crippen LogP contribution in [0.2, 0.25) is 0 Å². The first kappa shape index (κ1) is 23.1. The largest absolute Gasteiger partial charge is 0.434 e. The zero-order valence-electron chi connectivity index (χ0n) is 16.5. The summed E-state index contributed by atoms with van der Waals surface area (Å²) in [4.78, 5) is 12.7. The summed E-state index contributed by atoms with van der Waals surface area (Å²) in [5.74, 6) is -1.47. The van der Waals surface area contributed by atoms with Crippen LogP contribution in [0, 0.1) is 5.92 Å². The third kappa shape index (κ3) is 4.87. The zero-order chi connectivity index (χ0) is 22.7. The van der Waals surface area contributed by atoms with Gasteiger partial charge in [-0.05, 0) is 42.9 Å². The molecule has 1 aliphatic rings. The summed E-state index contributed by atoms with van der Waals surface area (Å²) in [6, 6.07) is 15.8. The van der Waals surface area contributed by atoms with Crippen molar-refractivity contribution >= 4 is 5.91 Å². The van der Waals surface area contributed by atoms with Crippen molar-refractivity contribution in [1.82, 2.24) is 10.2 Å². The topological polar surface area (TPSA) is 32.3 Å². The molecule has 0 bridgehead atoms. The molecule has 1 heterocycles. The van der Waals surface area contributed by atoms with E-state index in [1.807, 2.05) is 30.3 Å². The lowest BCUT2D eigenvalue weighted by Crippen LogP contribution is -2.77. The van der Waals surface area contributed by atoms with Crippen molar-refractivity contribution in [2.45, 2.75) is 37.3 Å². The number of benzene rings is 2. The van der Waals surface area contributed by atoms with E-state index in [-0.39, 0.29) is 24.3 Å². The Morgan fingerprint density at radius 2 is 1.32 bits per heavy atom. The van der Waals surface area contributed by atoms with Gasteiger partial charge in [0.15, 0.2) is 0 Å². The number of alkyl halides is 6. The number of nitrogens with one attached hydrogen (secondary N) is 1. The minimum atomic E-state index is -5.76. The predicted molar refractivity (Wildman–Crippen MR) is 103 cm³/mol. The Kier molecular flexibility index (Phi) is 6.64. The molecule has 0 saturated carbocycles. The van der Waals surface area contributed by atoms with Crippen LogP contribution >= 0.6 is 0 Å². The maximum Gasteiger partial charge on any atom is 0.434 e. The van der Waals surface area contributed by atoms with Gasteiger partial charge in [-0.1, -0.05) is 48.5 Å². The molecule has 1 fully saturated rings. The number of hydrogen-bond acceptors (Lipinski definition) is 2. The molecular weight excluding hydrogens is 422 g/mol. The molecule has 0 spiro atoms. The van der Waals surface area contributed by atoms with Crippen LogP contribution in [-0.2, 0) is 6.42 Å². The number of rotatable bonds is 5. The molecule has 0 atom stereocenters. The van der Waals surface area contributed by atoms with E-state index in [4.69, 9.17) is 0 Å². The molecule has 1 saturated heterocycles. The van der Waals surface area contributed by atoms with Gasteiger partial charge in [-0.15, -0.1) is 0 Å². The average Bonchev–Trinajstić information content (AvgIpc) is 2.72. The van der Waals surface area contributed by atoms with Gasteiger partial charge >= 0.3 is 12.4 Å². The first-order valence-corrected chi connectivity index (χ1v) is 9.84. The second-order valence-electron chi connectivity index (χ2n) is 7.65. The lowest BCUT2D eigenvalue weighted by Gasteiger charge is -2.48. The highest BCUT2D eigenvalue weighted by atomic mass is 19.4. The van der Waals surface area contributed by atoms with E-state index in [0.717, 1.165) is 5.56 Å². The molecule has 1 N–H and O–H groups in total. The van der Waals surface area contributed by atoms with Crippen molar-refractivity contribution in [2.75, 3.05) is 13.1 Å². The Bertz CT molecular complexity index is 845. The molecule has 2 aromatic rings. The van der Waals surface area contributed by atoms with Crippen LogP contribution in [0.4, 0.5) is 26.3 Å². The molecule has 0 aromatic heterocycles. The number of halogens is 6. The molecule has 168 valence electrons. The molecule has 3 nitrogen and oxygen atoms in total. The number of likely N-dealkylation sites (tertiary alicyclic amines) is 1. The van der Waals surface area contributed by atoms with Gasteiger partial charge in [-0.25, -0.2) is 0 Å². The Balaban J connectivity index is 1.84. The maximum atomic E-state index is 14.0. The Labute approximate surface area is 176 Å². The van der Waals surface area contributed by atoms with Gasteiger partial charge in [-0.2, -0.15) is 26.3 Å². The summed E-state index contributed by atoms with van der Waals surface area (Å²) in [6.07, 6.45) is -10.6. The second-order valence-corrected chi connectivity index (χ2v) is 7.65. The maximum absolute atomic E-state index is 14.0. The van der Waals surface area contributed by atoms with E-state index in [1.54, 1.807) is 0 Å². The molecular formula is C22H22F6N2O. The van der Waals surface area contributed by atoms with Crippen LogP contribution in [0.3, 0.4) is 0 Å². The molecule has 1 amide bonds. The Morgan fingerprint density at radius 3 is 1.81 bits per heavy atom. The van der Waals surface area contributed by atoms with Crippen LogP contribution in [0.5, 0.6) is 0 Å². The van der Waals surface area contributed by atoms with Crippen molar-refractivity contribution < 1.29 is 31.1 Å². The van der Waals surface area contributed by atoms with Gasteiger partial charge in [0.1, 0.15) is 0 Å². The van der Waals surface area contributed by atoms with E-state index in [2.05, 4.69) is 0 Å². The lowest BCUT2D eigenvalue weighted by atomic mass is 9.88. The van der Waals surface area contributed by atoms with Crippen LogP contribution < -0.4 is 5.32 Å². The van der Waals surface area contributed by atoms with Gasteiger partial charge in [0.05, 0.1) is 0 Å². The van der Waals surface area contributed by atoms with Crippen molar-refractivity contribution in [2.24, 2.45) is 5.92 Å². The monoisotopic (exact) mass is 444 g/mol. The lowest BCUT2D eigenvalue weighted by molar-refractivity contribution is -0.350. The molecule has 1 aliphatic heterocycles. The molecule has 3 rings (SSSR count). The highest BCUT2D eigenvalue weighted by molar-refractivity contribution is 5.94. The molecule has 0 aliphatic carbocycles. The molecule has 31 heavy (non-hydrogen) atoms. The summed E-state index contributed by atoms with van der Waals surface area (Å²) < 4.78 is 84.0. The quantitative estimate of drug-likeness (QED) is 0.644. The van der Waals surface area contributed by atoms with Crippen LogP contribution in [-0.4, -0.2) is 41.9 Å². The second kappa shape index (κ2) is 8.90. The van der Waals surface area contributed by atoms with Crippen LogP contribution in [0.15, 0.2) is 60.7 Å². The van der Waals surface area contributed by atoms with E-state index in [9.17, 15) is 31.1 Å². The van der Waals surface area contributed by atoms with E-state index < -0.39 is 37.0 Å². The molecule has 2 aromatic carbocycles. The SMILES string of the molecule is O=C(NC(N1CCC(Cc2ccccc2)CC1)(C(F)(F)F)C(F)(F)F)c1ccccc1. The summed E-state index contributed by atoms with van der Waals surface area (Å²) in [7, 11) is 0. The fourth-order valence-electron chi connectivity index (χ4n) is 3.99. The first-order valence-electron chi connectivity index (χ1n) is 9.84. The third-order valence-electron chi connectivity index (χ3n) is 5.61. The third-order valence-corrected chi connectivity index (χ3v) is 5.61. The fraction of sp³-hybridized carbons (Fsp3) is 0.409. The summed E-state index contributed by atoms with van der Waals surface area (Å²) in [5.41, 5.74) is -3.75. The van der Waals surface area contributed by atoms with Gasteiger partial charge < -0.3 is 5.32 Å². The molecule has 9 heteroatoms. The number of carbonyl (C=O) groups is 1. The summed E-state index contributed by atoms with van der Waals surface area (Å²) in [6.45, 7) is -0.878. The smallest absolute Gasteiger partial charge is 0.318 e. The first-order chi connectivity index (χ1) is 14.5. The van der Waals surface area contributed by atoms with Crippen molar-refractivity contribution in [3.05, 3.63) is 71.8 Å². The normalized spacial score (nSPS) is 16.8. The minimum Gasteiger partial charge on any atom is -0.318 e. The number of nitrogens with zero attached hydrogens (tertiary/aromatic N) is 1. The number of piperidine rings is 1. The number of carbonyl (C=O) groups excluding carboxylic acids is 1. The number of hydrogen-bond donors (Lipinski definition) is 1. The number of amides is 1. The van der Waals surface area contributed by atoms with Crippen molar-refractivity contribution in [3.63, 3.8) is 0 Å². The van der Waals surface area contributed by atoms with Gasteiger partial charge in [0.2, 0.25) is 0 Å². The fourth-order valence-corrected chi connectivity index (χ4v) is 3.99. The zero-order valence-corrected chi connectivity index (χ0v) is 16.5. The van der Waals surface area contributed by atoms with E-state index in [1.165, 1.54) is 35.6 Å². The van der Waals surface area contributed by atoms with Crippen LogP contribution in [0.1, 0.15) is 28.8 Å². The Morgan fingerprint density at radius 1 is 0.839 bits per heavy atom. The van der Waals surface area contributed by atoms with Gasteiger partial charge in [0.25, 0.3) is 11.6 Å². The van der Waals surface area contributed by atoms with Gasteiger partial charge in [-0.3, -0.25) is 9.69 Å². The summed E-state index contributed by atoms with van der Waals surface area (Å²) in [5, 5.41) is 1.30. The van der Waals surface area contributed by atoms with Crippen molar-refractivity contribution in [3.8, 4) is 0 Å². The van der Waals surface area contributed by atoms with E-state index >= 15 is 0 Å². The van der Waals surface area contributed by atoms with Crippen molar-refractivity contribution in [1.29, 1.82) is 0 Å². The van der Waals surface area contributed by atoms with E-state index in [0.29, 0.717) is 11.3 Å². The standard InChI is InChI=1S/C22H22F6N2O/c23-21(24,25)20(22(26,27)28,29-19(31)18-9-5-2-6-10-18)30-13-11-17(12-14-30)15-16-7-3-1-4-8-16/h1-10,17H,11-15H2,(H,29,31). The highest BCUT2D eigenvalue weighted by Crippen LogP contribution is 2.47. The molecule has 0 unspecified atom stereocenters. The predicted octanol–water partition coefficient (Wildman–Crippen LogP) is 5.19. The average molecular weight is 444 g/mol. The minimum absolute atomic E-state index is 0.0392. The highest BCUT2D eigenvalue weighted by Gasteiger charge is 2.75. The van der Waals surface area contributed by atoms with Crippen LogP contribution in [0.25, 0.3) is 0 Å². The van der Waals surface area contributed by atoms with Gasteiger partial charge in [0, 0.05) is 18.7 Å². The summed E-state index contributed by atoms with van der Waals surface area (Å²) >= 11 is 0.